The molecule has 0 atom stereocenters. The standard InChI is InChI=1S/C38H43N3.C38H42N3.C10H15BO2.CH4.Ir/c2*1-8-9-24-38(6,7)36-40-39-35(41(36)34-23-20-31(25-27(34)2)28-14-11-10-12-15-28)32-17-13-16-30(26-32)29-18-21-33(22-19-29)37(3,4)5;1-10(2,3)8-4-6-9(7-5-8)11(12)13;;/h10-23,25-26H,8-9,24H2,1-7H3;10-16,18-23,25-26H,8-9,24H2,1-7H3;4-7,12-13H,1-3H3;1H4;/q;-1;;;. The van der Waals surface area contributed by atoms with Crippen LogP contribution in [0, 0.1) is 19.9 Å². The molecule has 2 N–H and O–H groups in total. The summed E-state index contributed by atoms with van der Waals surface area (Å²) in [5.41, 5.74) is 20.7. The summed E-state index contributed by atoms with van der Waals surface area (Å²) in [4.78, 5) is 0. The van der Waals surface area contributed by atoms with Gasteiger partial charge >= 0.3 is 7.12 Å². The monoisotopic (exact) mass is 1470 g/mol. The van der Waals surface area contributed by atoms with E-state index in [2.05, 4.69) is 315 Å². The molecule has 0 aliphatic rings. The van der Waals surface area contributed by atoms with Gasteiger partial charge in [0.1, 0.15) is 11.6 Å². The molecule has 0 spiro atoms. The van der Waals surface area contributed by atoms with Gasteiger partial charge in [-0.1, -0.05) is 301 Å². The first-order valence-corrected chi connectivity index (χ1v) is 34.1. The van der Waals surface area contributed by atoms with Crippen LogP contribution in [-0.2, 0) is 47.2 Å². The molecule has 8 nitrogen and oxygen atoms in total. The summed E-state index contributed by atoms with van der Waals surface area (Å²) in [6.07, 6.45) is 6.72. The van der Waals surface area contributed by atoms with Crippen molar-refractivity contribution in [2.45, 2.75) is 191 Å². The van der Waals surface area contributed by atoms with Gasteiger partial charge < -0.3 is 14.6 Å². The van der Waals surface area contributed by atoms with E-state index in [4.69, 9.17) is 30.4 Å². The Hall–Kier alpha value is -8.11. The molecule has 10 heteroatoms. The van der Waals surface area contributed by atoms with Gasteiger partial charge in [0.25, 0.3) is 0 Å². The Labute approximate surface area is 595 Å². The Kier molecular flexibility index (Phi) is 25.6. The van der Waals surface area contributed by atoms with Gasteiger partial charge in [-0.25, -0.2) is 0 Å². The van der Waals surface area contributed by atoms with Crippen molar-refractivity contribution in [1.82, 2.24) is 29.5 Å². The molecule has 0 unspecified atom stereocenters. The second-order valence-corrected chi connectivity index (χ2v) is 30.0. The van der Waals surface area contributed by atoms with Gasteiger partial charge in [0.15, 0.2) is 5.82 Å². The quantitative estimate of drug-likeness (QED) is 0.0696. The van der Waals surface area contributed by atoms with Gasteiger partial charge in [0, 0.05) is 42.2 Å². The van der Waals surface area contributed by atoms with E-state index in [9.17, 15) is 0 Å². The third kappa shape index (κ3) is 18.8. The van der Waals surface area contributed by atoms with Crippen LogP contribution in [0.1, 0.15) is 189 Å². The summed E-state index contributed by atoms with van der Waals surface area (Å²) in [6.45, 7) is 37.9. The van der Waals surface area contributed by atoms with Crippen LogP contribution >= 0.6 is 0 Å². The fourth-order valence-electron chi connectivity index (χ4n) is 12.3. The molecule has 2 heterocycles. The van der Waals surface area contributed by atoms with E-state index in [1.807, 2.05) is 18.2 Å². The van der Waals surface area contributed by atoms with Gasteiger partial charge in [0.05, 0.1) is 11.5 Å². The molecule has 0 bridgehead atoms. The zero-order chi connectivity index (χ0) is 68.5. The summed E-state index contributed by atoms with van der Waals surface area (Å²) in [6, 6.07) is 78.3. The average Bonchev–Trinajstić information content (AvgIpc) is 1.66. The Bertz CT molecular complexity index is 4050. The predicted octanol–water partition coefficient (Wildman–Crippen LogP) is 21.8. The van der Waals surface area contributed by atoms with Gasteiger partial charge in [-0.3, -0.25) is 4.57 Å². The van der Waals surface area contributed by atoms with Crippen LogP contribution in [0.5, 0.6) is 0 Å². The summed E-state index contributed by atoms with van der Waals surface area (Å²) in [5, 5.41) is 37.1. The van der Waals surface area contributed by atoms with Crippen LogP contribution in [-0.4, -0.2) is 46.7 Å². The van der Waals surface area contributed by atoms with Gasteiger partial charge in [0.2, 0.25) is 0 Å². The zero-order valence-electron chi connectivity index (χ0n) is 59.9. The van der Waals surface area contributed by atoms with Crippen molar-refractivity contribution in [3.05, 3.63) is 258 Å². The van der Waals surface area contributed by atoms with Gasteiger partial charge in [-0.2, -0.15) is 5.10 Å². The Morgan fingerprint density at radius 2 is 0.732 bits per heavy atom. The molecular weight excluding hydrogens is 1360 g/mol. The number of rotatable bonds is 17. The largest absolute Gasteiger partial charge is 0.488 e. The molecule has 0 saturated heterocycles. The molecule has 507 valence electrons. The predicted molar refractivity (Wildman–Crippen MR) is 408 cm³/mol. The molecule has 11 rings (SSSR count). The molecule has 97 heavy (non-hydrogen) atoms. The first-order chi connectivity index (χ1) is 45.1. The third-order valence-electron chi connectivity index (χ3n) is 18.3. The molecule has 0 amide bonds. The second-order valence-electron chi connectivity index (χ2n) is 30.0. The first kappa shape index (κ1) is 76.3. The van der Waals surface area contributed by atoms with Crippen molar-refractivity contribution < 1.29 is 30.2 Å². The minimum atomic E-state index is -1.37. The molecule has 0 fully saturated rings. The summed E-state index contributed by atoms with van der Waals surface area (Å²) >= 11 is 0. The van der Waals surface area contributed by atoms with Crippen LogP contribution in [0.15, 0.2) is 212 Å². The van der Waals surface area contributed by atoms with Gasteiger partial charge in [-0.15, -0.1) is 50.7 Å². The maximum atomic E-state index is 8.87. The molecular formula is C87H104BIrN6O2-. The number of nitrogens with zero attached hydrogens (tertiary/aromatic N) is 6. The molecule has 0 aliphatic heterocycles. The molecule has 0 saturated carbocycles. The molecule has 1 radical (unpaired) electrons. The number of aryl methyl sites for hydroxylation is 2. The fourth-order valence-corrected chi connectivity index (χ4v) is 12.3. The topological polar surface area (TPSA) is 102 Å². The van der Waals surface area contributed by atoms with E-state index < -0.39 is 7.12 Å². The van der Waals surface area contributed by atoms with Crippen molar-refractivity contribution in [2.24, 2.45) is 0 Å². The van der Waals surface area contributed by atoms with Crippen molar-refractivity contribution in [3.8, 4) is 78.7 Å². The van der Waals surface area contributed by atoms with Crippen LogP contribution < -0.4 is 5.46 Å². The number of aromatic nitrogens is 6. The average molecular weight is 1470 g/mol. The number of benzene rings is 9. The molecule has 0 aliphatic carbocycles. The van der Waals surface area contributed by atoms with E-state index >= 15 is 0 Å². The number of hydrogen-bond donors (Lipinski definition) is 2. The summed E-state index contributed by atoms with van der Waals surface area (Å²) < 4.78 is 4.58. The fraction of sp³-hybridized carbons (Fsp3) is 0.333. The van der Waals surface area contributed by atoms with Crippen LogP contribution in [0.4, 0.5) is 0 Å². The Balaban J connectivity index is 0.000000227. The second kappa shape index (κ2) is 32.5. The van der Waals surface area contributed by atoms with Crippen LogP contribution in [0.2, 0.25) is 0 Å². The Morgan fingerprint density at radius 3 is 1.13 bits per heavy atom. The minimum absolute atomic E-state index is 0. The van der Waals surface area contributed by atoms with Crippen molar-refractivity contribution >= 4 is 12.6 Å². The third-order valence-corrected chi connectivity index (χ3v) is 18.3. The number of unbranched alkanes of at least 4 members (excludes halogenated alkanes) is 2. The minimum Gasteiger partial charge on any atom is -0.423 e. The Morgan fingerprint density at radius 1 is 0.381 bits per heavy atom. The summed E-state index contributed by atoms with van der Waals surface area (Å²) in [5.74, 6) is 3.71. The van der Waals surface area contributed by atoms with E-state index in [1.54, 1.807) is 12.1 Å². The SMILES string of the molecule is C.CC(C)(C)c1ccc(B(O)O)cc1.CCCCC(C)(C)c1nnc(-c2[c-]ccc(-c3ccc(C(C)(C)C)cc3)c2)n1-c1ccc(-c2ccccc2)cc1C.CCCCC(C)(C)c1nnc(-c2cccc(-c3ccc(C(C)(C)C)cc3)c2)n1-c1ccc(-c2ccccc2)cc1C.[Ir]. The summed E-state index contributed by atoms with van der Waals surface area (Å²) in [7, 11) is -1.37. The molecule has 11 aromatic rings. The van der Waals surface area contributed by atoms with E-state index in [-0.39, 0.29) is 54.6 Å². The maximum Gasteiger partial charge on any atom is 0.488 e. The molecule has 9 aromatic carbocycles. The van der Waals surface area contributed by atoms with Crippen molar-refractivity contribution in [3.63, 3.8) is 0 Å². The first-order valence-electron chi connectivity index (χ1n) is 34.1. The maximum absolute atomic E-state index is 8.87. The van der Waals surface area contributed by atoms with E-state index in [1.165, 1.54) is 66.8 Å². The van der Waals surface area contributed by atoms with Gasteiger partial charge in [-0.05, 0) is 145 Å². The smallest absolute Gasteiger partial charge is 0.423 e. The number of hydrogen-bond acceptors (Lipinski definition) is 6. The van der Waals surface area contributed by atoms with Crippen molar-refractivity contribution in [1.29, 1.82) is 0 Å². The zero-order valence-corrected chi connectivity index (χ0v) is 62.3. The van der Waals surface area contributed by atoms with Crippen LogP contribution in [0.3, 0.4) is 0 Å². The van der Waals surface area contributed by atoms with E-state index in [0.717, 1.165) is 89.9 Å². The normalized spacial score (nSPS) is 11.7. The van der Waals surface area contributed by atoms with Crippen LogP contribution in [0.25, 0.3) is 78.7 Å². The van der Waals surface area contributed by atoms with E-state index in [0.29, 0.717) is 5.46 Å². The van der Waals surface area contributed by atoms with Crippen molar-refractivity contribution in [2.75, 3.05) is 0 Å². The molecule has 2 aromatic heterocycles.